The minimum absolute atomic E-state index is 0.0261. The highest BCUT2D eigenvalue weighted by Gasteiger charge is 2.06. The van der Waals surface area contributed by atoms with E-state index in [9.17, 15) is 14.0 Å². The highest BCUT2D eigenvalue weighted by Crippen LogP contribution is 2.09. The Morgan fingerprint density at radius 3 is 2.24 bits per heavy atom. The van der Waals surface area contributed by atoms with Crippen LogP contribution in [0, 0.1) is 11.7 Å². The second kappa shape index (κ2) is 12.5. The summed E-state index contributed by atoms with van der Waals surface area (Å²) >= 11 is 0. The second-order valence-corrected chi connectivity index (χ2v) is 6.81. The van der Waals surface area contributed by atoms with Gasteiger partial charge in [-0.25, -0.2) is 4.39 Å². The summed E-state index contributed by atoms with van der Waals surface area (Å²) in [5.74, 6) is 0.177. The molecule has 4 nitrogen and oxygen atoms in total. The quantitative estimate of drug-likeness (QED) is 0.559. The molecule has 0 spiro atoms. The van der Waals surface area contributed by atoms with E-state index in [1.54, 1.807) is 0 Å². The summed E-state index contributed by atoms with van der Waals surface area (Å²) in [5.41, 5.74) is 0.420. The molecule has 0 radical (unpaired) electrons. The van der Waals surface area contributed by atoms with Crippen LogP contribution in [0.2, 0.25) is 0 Å². The first-order valence-electron chi connectivity index (χ1n) is 9.29. The number of hydrogen-bond donors (Lipinski definition) is 2. The lowest BCUT2D eigenvalue weighted by atomic mass is 10.0. The van der Waals surface area contributed by atoms with E-state index >= 15 is 0 Å². The molecular weight excluding hydrogens is 319 g/mol. The van der Waals surface area contributed by atoms with Crippen molar-refractivity contribution in [3.8, 4) is 0 Å². The number of carbonyl (C=O) groups is 2. The van der Waals surface area contributed by atoms with Gasteiger partial charge in [-0.1, -0.05) is 39.5 Å². The highest BCUT2D eigenvalue weighted by atomic mass is 19.1. The van der Waals surface area contributed by atoms with Crippen LogP contribution in [0.25, 0.3) is 0 Å². The van der Waals surface area contributed by atoms with Gasteiger partial charge in [0.1, 0.15) is 5.82 Å². The fraction of sp³-hybridized carbons (Fsp3) is 0.600. The Morgan fingerprint density at radius 2 is 1.56 bits per heavy atom. The minimum atomic E-state index is -0.367. The van der Waals surface area contributed by atoms with E-state index < -0.39 is 0 Å². The van der Waals surface area contributed by atoms with E-state index in [-0.39, 0.29) is 17.6 Å². The summed E-state index contributed by atoms with van der Waals surface area (Å²) in [4.78, 5) is 23.5. The Hall–Kier alpha value is -1.91. The van der Waals surface area contributed by atoms with Gasteiger partial charge in [-0.15, -0.1) is 0 Å². The molecule has 0 saturated heterocycles. The van der Waals surface area contributed by atoms with Crippen LogP contribution in [0.5, 0.6) is 0 Å². The third-order valence-electron chi connectivity index (χ3n) is 4.00. The van der Waals surface area contributed by atoms with Gasteiger partial charge in [0.15, 0.2) is 0 Å². The van der Waals surface area contributed by atoms with Crippen molar-refractivity contribution in [2.24, 2.45) is 5.92 Å². The highest BCUT2D eigenvalue weighted by molar-refractivity contribution is 5.94. The van der Waals surface area contributed by atoms with Gasteiger partial charge < -0.3 is 10.6 Å². The predicted molar refractivity (Wildman–Crippen MR) is 98.9 cm³/mol. The van der Waals surface area contributed by atoms with Crippen LogP contribution in [-0.2, 0) is 4.79 Å². The molecule has 0 unspecified atom stereocenters. The zero-order valence-corrected chi connectivity index (χ0v) is 15.4. The number of halogens is 1. The van der Waals surface area contributed by atoms with Crippen LogP contribution in [-0.4, -0.2) is 24.9 Å². The van der Waals surface area contributed by atoms with Crippen LogP contribution in [0.1, 0.15) is 69.2 Å². The fourth-order valence-electron chi connectivity index (χ4n) is 2.50. The summed E-state index contributed by atoms with van der Waals surface area (Å²) < 4.78 is 12.8. The van der Waals surface area contributed by atoms with Crippen LogP contribution in [0.4, 0.5) is 4.39 Å². The molecule has 5 heteroatoms. The molecule has 25 heavy (non-hydrogen) atoms. The lowest BCUT2D eigenvalue weighted by molar-refractivity contribution is -0.121. The monoisotopic (exact) mass is 350 g/mol. The lowest BCUT2D eigenvalue weighted by Crippen LogP contribution is -2.28. The van der Waals surface area contributed by atoms with E-state index in [1.165, 1.54) is 43.5 Å². The van der Waals surface area contributed by atoms with Crippen molar-refractivity contribution < 1.29 is 14.0 Å². The number of benzene rings is 1. The Kier molecular flexibility index (Phi) is 10.5. The standard InChI is InChI=1S/C20H31FN2O2/c1-16(2)8-5-3-4-6-14-22-19(24)9-7-15-23-20(25)17-10-12-18(21)13-11-17/h10-13,16H,3-9,14-15H2,1-2H3,(H,22,24)(H,23,25). The summed E-state index contributed by atoms with van der Waals surface area (Å²) in [7, 11) is 0. The maximum atomic E-state index is 12.8. The van der Waals surface area contributed by atoms with E-state index in [1.807, 2.05) is 0 Å². The molecule has 0 aliphatic rings. The molecule has 0 aromatic heterocycles. The van der Waals surface area contributed by atoms with E-state index in [4.69, 9.17) is 0 Å². The van der Waals surface area contributed by atoms with Crippen molar-refractivity contribution in [1.29, 1.82) is 0 Å². The van der Waals surface area contributed by atoms with Crippen molar-refractivity contribution in [3.05, 3.63) is 35.6 Å². The SMILES string of the molecule is CC(C)CCCCCCNC(=O)CCCNC(=O)c1ccc(F)cc1. The average Bonchev–Trinajstić information content (AvgIpc) is 2.58. The maximum Gasteiger partial charge on any atom is 0.251 e. The number of nitrogens with one attached hydrogen (secondary N) is 2. The predicted octanol–water partition coefficient (Wildman–Crippen LogP) is 4.06. The summed E-state index contributed by atoms with van der Waals surface area (Å²) in [5, 5.41) is 5.65. The smallest absolute Gasteiger partial charge is 0.251 e. The van der Waals surface area contributed by atoms with Gasteiger partial charge in [0.2, 0.25) is 5.91 Å². The van der Waals surface area contributed by atoms with Crippen molar-refractivity contribution in [2.45, 2.75) is 58.8 Å². The lowest BCUT2D eigenvalue weighted by Gasteiger charge is -2.07. The molecule has 0 aliphatic heterocycles. The molecule has 2 N–H and O–H groups in total. The Labute approximate surface area is 150 Å². The first kappa shape index (κ1) is 21.1. The number of rotatable bonds is 12. The molecule has 0 fully saturated rings. The van der Waals surface area contributed by atoms with Gasteiger partial charge in [0, 0.05) is 25.1 Å². The van der Waals surface area contributed by atoms with Gasteiger partial charge in [0.25, 0.3) is 5.91 Å². The van der Waals surface area contributed by atoms with Crippen molar-refractivity contribution in [1.82, 2.24) is 10.6 Å². The summed E-state index contributed by atoms with van der Waals surface area (Å²) in [6.07, 6.45) is 6.93. The Balaban J connectivity index is 1.99. The van der Waals surface area contributed by atoms with Gasteiger partial charge in [0.05, 0.1) is 0 Å². The van der Waals surface area contributed by atoms with E-state index in [2.05, 4.69) is 24.5 Å². The first-order chi connectivity index (χ1) is 12.0. The molecule has 0 bridgehead atoms. The topological polar surface area (TPSA) is 58.2 Å². The van der Waals surface area contributed by atoms with Gasteiger partial charge in [-0.05, 0) is 43.0 Å². The zero-order chi connectivity index (χ0) is 18.5. The molecule has 1 rings (SSSR count). The molecule has 2 amide bonds. The molecule has 1 aromatic carbocycles. The van der Waals surface area contributed by atoms with Crippen LogP contribution < -0.4 is 10.6 Å². The summed E-state index contributed by atoms with van der Waals surface area (Å²) in [6.45, 7) is 5.63. The van der Waals surface area contributed by atoms with Gasteiger partial charge in [-0.2, -0.15) is 0 Å². The van der Waals surface area contributed by atoms with Crippen LogP contribution in [0.15, 0.2) is 24.3 Å². The molecule has 140 valence electrons. The molecule has 1 aromatic rings. The van der Waals surface area contributed by atoms with Gasteiger partial charge >= 0.3 is 0 Å². The second-order valence-electron chi connectivity index (χ2n) is 6.81. The molecular formula is C20H31FN2O2. The Bertz CT molecular complexity index is 515. The summed E-state index contributed by atoms with van der Waals surface area (Å²) in [6, 6.07) is 5.40. The number of unbranched alkanes of at least 4 members (excludes halogenated alkanes) is 3. The maximum absolute atomic E-state index is 12.8. The van der Waals surface area contributed by atoms with Crippen molar-refractivity contribution in [3.63, 3.8) is 0 Å². The Morgan fingerprint density at radius 1 is 0.920 bits per heavy atom. The molecule has 0 saturated carbocycles. The molecule has 0 aliphatic carbocycles. The zero-order valence-electron chi connectivity index (χ0n) is 15.4. The largest absolute Gasteiger partial charge is 0.356 e. The molecule has 0 heterocycles. The fourth-order valence-corrected chi connectivity index (χ4v) is 2.50. The van der Waals surface area contributed by atoms with Crippen molar-refractivity contribution in [2.75, 3.05) is 13.1 Å². The third-order valence-corrected chi connectivity index (χ3v) is 4.00. The number of amides is 2. The van der Waals surface area contributed by atoms with Gasteiger partial charge in [-0.3, -0.25) is 9.59 Å². The first-order valence-corrected chi connectivity index (χ1v) is 9.29. The van der Waals surface area contributed by atoms with E-state index in [0.29, 0.717) is 24.9 Å². The average molecular weight is 350 g/mol. The van der Waals surface area contributed by atoms with Crippen LogP contribution >= 0.6 is 0 Å². The normalized spacial score (nSPS) is 10.7. The third kappa shape index (κ3) is 10.5. The van der Waals surface area contributed by atoms with Crippen molar-refractivity contribution >= 4 is 11.8 Å². The number of carbonyl (C=O) groups excluding carboxylic acids is 2. The van der Waals surface area contributed by atoms with E-state index in [0.717, 1.165) is 25.3 Å². The molecule has 0 atom stereocenters. The van der Waals surface area contributed by atoms with Crippen LogP contribution in [0.3, 0.4) is 0 Å². The number of hydrogen-bond acceptors (Lipinski definition) is 2. The minimum Gasteiger partial charge on any atom is -0.356 e.